The van der Waals surface area contributed by atoms with Crippen molar-refractivity contribution in [3.8, 4) is 0 Å². The topological polar surface area (TPSA) is 42.2 Å². The van der Waals surface area contributed by atoms with Gasteiger partial charge in [0.2, 0.25) is 5.91 Å². The quantitative estimate of drug-likeness (QED) is 0.268. The van der Waals surface area contributed by atoms with Gasteiger partial charge >= 0.3 is 0 Å². The van der Waals surface area contributed by atoms with Gasteiger partial charge in [-0.15, -0.1) is 0 Å². The zero-order valence-electron chi connectivity index (χ0n) is 21.4. The predicted molar refractivity (Wildman–Crippen MR) is 145 cm³/mol. The third-order valence-corrected chi connectivity index (χ3v) is 6.48. The van der Waals surface area contributed by atoms with Gasteiger partial charge in [-0.2, -0.15) is 0 Å². The summed E-state index contributed by atoms with van der Waals surface area (Å²) in [5, 5.41) is 4.33. The number of hydrogen-bond acceptors (Lipinski definition) is 2. The van der Waals surface area contributed by atoms with Crippen LogP contribution in [0.4, 0.5) is 0 Å². The highest BCUT2D eigenvalue weighted by molar-refractivity contribution is 5.83. The Balaban J connectivity index is 1.56. The fraction of sp³-hybridized carbons (Fsp3) is 0.281. The lowest BCUT2D eigenvalue weighted by molar-refractivity contribution is -0.120. The Bertz CT molecular complexity index is 1340. The number of carbonyl (C=O) groups excluding carboxylic acids is 1. The molecule has 1 amide bonds. The standard InChI is InChI=1S/C32H35NO2/c1-6-25(16-21(2)3)30-20-27-18-24(13-15-29(27)35-30)19-31(34)33-32(26-10-8-7-9-11-26)28-14-12-22(4)17-23(28)5/h7-18,20,25,32H,6,19H2,1-5H3,(H,33,34). The molecule has 35 heavy (non-hydrogen) atoms. The number of nitrogens with one attached hydrogen (secondary N) is 1. The van der Waals surface area contributed by atoms with Gasteiger partial charge in [-0.25, -0.2) is 0 Å². The zero-order chi connectivity index (χ0) is 24.9. The second kappa shape index (κ2) is 10.8. The number of carbonyl (C=O) groups is 1. The Morgan fingerprint density at radius 3 is 2.43 bits per heavy atom. The molecule has 2 atom stereocenters. The van der Waals surface area contributed by atoms with Gasteiger partial charge in [0.1, 0.15) is 11.3 Å². The van der Waals surface area contributed by atoms with Crippen molar-refractivity contribution in [3.63, 3.8) is 0 Å². The number of allylic oxidation sites excluding steroid dienone is 2. The first-order valence-electron chi connectivity index (χ1n) is 12.4. The SMILES string of the molecule is CCC(C=C(C)C)c1cc2cc(CC(=O)NC(c3ccccc3)c3ccc(C)cc3C)ccc2o1. The molecule has 180 valence electrons. The first kappa shape index (κ1) is 24.5. The van der Waals surface area contributed by atoms with Crippen molar-refractivity contribution in [2.24, 2.45) is 0 Å². The highest BCUT2D eigenvalue weighted by atomic mass is 16.3. The third kappa shape index (κ3) is 5.92. The average Bonchev–Trinajstić information content (AvgIpc) is 3.25. The van der Waals surface area contributed by atoms with Crippen molar-refractivity contribution in [1.82, 2.24) is 5.32 Å². The maximum atomic E-state index is 13.2. The zero-order valence-corrected chi connectivity index (χ0v) is 21.4. The van der Waals surface area contributed by atoms with Crippen LogP contribution in [0.15, 0.2) is 88.9 Å². The highest BCUT2D eigenvalue weighted by Crippen LogP contribution is 2.30. The Labute approximate surface area is 208 Å². The Hall–Kier alpha value is -3.59. The van der Waals surface area contributed by atoms with E-state index < -0.39 is 0 Å². The molecular formula is C32H35NO2. The summed E-state index contributed by atoms with van der Waals surface area (Å²) >= 11 is 0. The molecule has 0 aliphatic heterocycles. The summed E-state index contributed by atoms with van der Waals surface area (Å²) in [5.41, 5.74) is 7.71. The second-order valence-electron chi connectivity index (χ2n) is 9.73. The minimum atomic E-state index is -0.192. The van der Waals surface area contributed by atoms with Crippen molar-refractivity contribution in [2.45, 2.75) is 59.4 Å². The monoisotopic (exact) mass is 465 g/mol. The van der Waals surface area contributed by atoms with Gasteiger partial charge in [0.15, 0.2) is 0 Å². The summed E-state index contributed by atoms with van der Waals surface area (Å²) in [7, 11) is 0. The van der Waals surface area contributed by atoms with Crippen LogP contribution in [-0.2, 0) is 11.2 Å². The van der Waals surface area contributed by atoms with Crippen LogP contribution in [0.25, 0.3) is 11.0 Å². The summed E-state index contributed by atoms with van der Waals surface area (Å²) in [4.78, 5) is 13.2. The van der Waals surface area contributed by atoms with E-state index in [1.807, 2.05) is 30.3 Å². The second-order valence-corrected chi connectivity index (χ2v) is 9.73. The Morgan fingerprint density at radius 2 is 1.74 bits per heavy atom. The third-order valence-electron chi connectivity index (χ3n) is 6.48. The first-order valence-corrected chi connectivity index (χ1v) is 12.4. The normalized spacial score (nSPS) is 12.8. The minimum Gasteiger partial charge on any atom is -0.460 e. The van der Waals surface area contributed by atoms with Crippen molar-refractivity contribution in [3.05, 3.63) is 118 Å². The summed E-state index contributed by atoms with van der Waals surface area (Å²) in [6.07, 6.45) is 3.55. The molecule has 0 aliphatic carbocycles. The molecule has 0 radical (unpaired) electrons. The van der Waals surface area contributed by atoms with Gasteiger partial charge in [0, 0.05) is 11.3 Å². The van der Waals surface area contributed by atoms with Crippen LogP contribution in [0, 0.1) is 13.8 Å². The molecule has 2 unspecified atom stereocenters. The van der Waals surface area contributed by atoms with Gasteiger partial charge in [-0.05, 0) is 74.6 Å². The summed E-state index contributed by atoms with van der Waals surface area (Å²) in [6.45, 7) is 10.6. The summed E-state index contributed by atoms with van der Waals surface area (Å²) in [5.74, 6) is 1.24. The van der Waals surface area contributed by atoms with E-state index in [9.17, 15) is 4.79 Å². The smallest absolute Gasteiger partial charge is 0.225 e. The van der Waals surface area contributed by atoms with E-state index in [2.05, 4.69) is 88.5 Å². The van der Waals surface area contributed by atoms with E-state index in [0.717, 1.165) is 39.8 Å². The fourth-order valence-corrected chi connectivity index (χ4v) is 4.74. The molecule has 1 heterocycles. The largest absolute Gasteiger partial charge is 0.460 e. The van der Waals surface area contributed by atoms with Crippen molar-refractivity contribution in [1.29, 1.82) is 0 Å². The molecule has 0 spiro atoms. The molecule has 1 N–H and O–H groups in total. The van der Waals surface area contributed by atoms with Crippen LogP contribution < -0.4 is 5.32 Å². The highest BCUT2D eigenvalue weighted by Gasteiger charge is 2.19. The number of fused-ring (bicyclic) bond motifs is 1. The van der Waals surface area contributed by atoms with Gasteiger partial charge in [0.25, 0.3) is 0 Å². The van der Waals surface area contributed by atoms with Gasteiger partial charge in [-0.1, -0.05) is 78.7 Å². The van der Waals surface area contributed by atoms with Crippen LogP contribution in [0.1, 0.15) is 72.7 Å². The maximum absolute atomic E-state index is 13.2. The fourth-order valence-electron chi connectivity index (χ4n) is 4.74. The molecular weight excluding hydrogens is 430 g/mol. The molecule has 4 rings (SSSR count). The Kier molecular flexibility index (Phi) is 7.55. The van der Waals surface area contributed by atoms with Gasteiger partial charge in [0.05, 0.1) is 12.5 Å². The average molecular weight is 466 g/mol. The van der Waals surface area contributed by atoms with E-state index in [1.54, 1.807) is 0 Å². The summed E-state index contributed by atoms with van der Waals surface area (Å²) in [6, 6.07) is 24.5. The molecule has 3 heteroatoms. The van der Waals surface area contributed by atoms with Crippen LogP contribution in [0.3, 0.4) is 0 Å². The number of furan rings is 1. The number of hydrogen-bond donors (Lipinski definition) is 1. The van der Waals surface area contributed by atoms with E-state index in [1.165, 1.54) is 16.7 Å². The lowest BCUT2D eigenvalue weighted by Gasteiger charge is -2.22. The minimum absolute atomic E-state index is 0.00197. The first-order chi connectivity index (χ1) is 16.8. The maximum Gasteiger partial charge on any atom is 0.225 e. The lowest BCUT2D eigenvalue weighted by atomic mass is 9.93. The van der Waals surface area contributed by atoms with E-state index in [-0.39, 0.29) is 17.9 Å². The van der Waals surface area contributed by atoms with E-state index in [4.69, 9.17) is 4.42 Å². The lowest BCUT2D eigenvalue weighted by Crippen LogP contribution is -2.31. The summed E-state index contributed by atoms with van der Waals surface area (Å²) < 4.78 is 6.14. The van der Waals surface area contributed by atoms with E-state index in [0.29, 0.717) is 6.42 Å². The number of amides is 1. The molecule has 3 aromatic carbocycles. The molecule has 0 aliphatic rings. The number of rotatable bonds is 8. The molecule has 3 nitrogen and oxygen atoms in total. The van der Waals surface area contributed by atoms with Crippen LogP contribution in [0.5, 0.6) is 0 Å². The predicted octanol–water partition coefficient (Wildman–Crippen LogP) is 7.96. The van der Waals surface area contributed by atoms with Crippen molar-refractivity contribution >= 4 is 16.9 Å². The van der Waals surface area contributed by atoms with Crippen LogP contribution in [-0.4, -0.2) is 5.91 Å². The molecule has 1 aromatic heterocycles. The van der Waals surface area contributed by atoms with E-state index >= 15 is 0 Å². The van der Waals surface area contributed by atoms with Gasteiger partial charge in [-0.3, -0.25) is 4.79 Å². The number of benzene rings is 3. The van der Waals surface area contributed by atoms with Crippen LogP contribution >= 0.6 is 0 Å². The molecule has 4 aromatic rings. The van der Waals surface area contributed by atoms with Crippen molar-refractivity contribution in [2.75, 3.05) is 0 Å². The van der Waals surface area contributed by atoms with Crippen LogP contribution in [0.2, 0.25) is 0 Å². The van der Waals surface area contributed by atoms with Gasteiger partial charge < -0.3 is 9.73 Å². The van der Waals surface area contributed by atoms with Crippen molar-refractivity contribution < 1.29 is 9.21 Å². The molecule has 0 fully saturated rings. The molecule has 0 bridgehead atoms. The Morgan fingerprint density at radius 1 is 0.971 bits per heavy atom. The molecule has 0 saturated carbocycles. The molecule has 0 saturated heterocycles. The number of aryl methyl sites for hydroxylation is 2.